The summed E-state index contributed by atoms with van der Waals surface area (Å²) in [6.07, 6.45) is 10.3. The van der Waals surface area contributed by atoms with E-state index in [1.165, 1.54) is 5.56 Å². The van der Waals surface area contributed by atoms with Gasteiger partial charge in [0, 0.05) is 25.0 Å². The molecule has 0 saturated heterocycles. The molecule has 0 aliphatic carbocycles. The van der Waals surface area contributed by atoms with Gasteiger partial charge in [0.05, 0.1) is 13.2 Å². The third kappa shape index (κ3) is 10.4. The van der Waals surface area contributed by atoms with Crippen molar-refractivity contribution in [2.75, 3.05) is 26.4 Å². The van der Waals surface area contributed by atoms with Crippen LogP contribution in [0.3, 0.4) is 0 Å². The molecule has 0 aromatic heterocycles. The van der Waals surface area contributed by atoms with Crippen molar-refractivity contribution in [1.82, 2.24) is 0 Å². The molecule has 2 heteroatoms. The molecule has 0 aliphatic heterocycles. The molecule has 0 heterocycles. The minimum atomic E-state index is 0.181. The highest BCUT2D eigenvalue weighted by atomic mass is 16.5. The molecule has 0 N–H and O–H groups in total. The minimum Gasteiger partial charge on any atom is -0.381 e. The van der Waals surface area contributed by atoms with Crippen LogP contribution in [-0.2, 0) is 9.47 Å². The lowest BCUT2D eigenvalue weighted by Gasteiger charge is -2.31. The highest BCUT2D eigenvalue weighted by Gasteiger charge is 2.26. The van der Waals surface area contributed by atoms with Crippen LogP contribution in [-0.4, -0.2) is 26.4 Å². The molecule has 1 rings (SSSR count). The summed E-state index contributed by atoms with van der Waals surface area (Å²) in [5, 5.41) is 0. The first-order valence-electron chi connectivity index (χ1n) is 11.5. The van der Waals surface area contributed by atoms with Gasteiger partial charge in [-0.2, -0.15) is 0 Å². The van der Waals surface area contributed by atoms with Gasteiger partial charge in [0.25, 0.3) is 0 Å². The summed E-state index contributed by atoms with van der Waals surface area (Å²) in [6, 6.07) is 10.7. The molecule has 0 bridgehead atoms. The number of ether oxygens (including phenoxy) is 2. The fourth-order valence-corrected chi connectivity index (χ4v) is 3.49. The Kier molecular flexibility index (Phi) is 12.7. The summed E-state index contributed by atoms with van der Waals surface area (Å²) < 4.78 is 12.0. The van der Waals surface area contributed by atoms with Gasteiger partial charge >= 0.3 is 0 Å². The minimum absolute atomic E-state index is 0.181. The summed E-state index contributed by atoms with van der Waals surface area (Å²) in [5.74, 6) is 1.29. The van der Waals surface area contributed by atoms with Crippen LogP contribution in [0.4, 0.5) is 0 Å². The molecule has 30 heavy (non-hydrogen) atoms. The van der Waals surface area contributed by atoms with Gasteiger partial charge in [0.15, 0.2) is 0 Å². The molecule has 1 aromatic carbocycles. The highest BCUT2D eigenvalue weighted by molar-refractivity contribution is 5.22. The first-order chi connectivity index (χ1) is 14.3. The summed E-state index contributed by atoms with van der Waals surface area (Å²) in [7, 11) is 0. The van der Waals surface area contributed by atoms with Crippen LogP contribution in [0.25, 0.3) is 0 Å². The van der Waals surface area contributed by atoms with Crippen molar-refractivity contribution in [2.24, 2.45) is 17.3 Å². The first-order valence-corrected chi connectivity index (χ1v) is 11.5. The molecule has 0 aliphatic rings. The van der Waals surface area contributed by atoms with Crippen molar-refractivity contribution >= 4 is 0 Å². The van der Waals surface area contributed by atoms with E-state index in [-0.39, 0.29) is 5.41 Å². The molecule has 0 fully saturated rings. The van der Waals surface area contributed by atoms with E-state index in [1.807, 2.05) is 19.1 Å². The van der Waals surface area contributed by atoms with Crippen molar-refractivity contribution in [3.8, 4) is 0 Å². The molecule has 0 spiro atoms. The summed E-state index contributed by atoms with van der Waals surface area (Å²) in [4.78, 5) is 0. The lowest BCUT2D eigenvalue weighted by Crippen LogP contribution is -2.23. The summed E-state index contributed by atoms with van der Waals surface area (Å²) >= 11 is 0. The zero-order chi connectivity index (χ0) is 22.4. The lowest BCUT2D eigenvalue weighted by molar-refractivity contribution is 0.0676. The van der Waals surface area contributed by atoms with Gasteiger partial charge < -0.3 is 9.47 Å². The van der Waals surface area contributed by atoms with E-state index in [9.17, 15) is 0 Å². The lowest BCUT2D eigenvalue weighted by atomic mass is 9.77. The fraction of sp³-hybridized carbons (Fsp3) is 0.571. The van der Waals surface area contributed by atoms with Gasteiger partial charge in [-0.1, -0.05) is 95.8 Å². The van der Waals surface area contributed by atoms with E-state index in [0.29, 0.717) is 17.8 Å². The monoisotopic (exact) mass is 412 g/mol. The summed E-state index contributed by atoms with van der Waals surface area (Å²) in [5.41, 5.74) is 2.68. The second-order valence-corrected chi connectivity index (χ2v) is 9.50. The first kappa shape index (κ1) is 26.4. The average Bonchev–Trinajstić information content (AvgIpc) is 2.69. The largest absolute Gasteiger partial charge is 0.381 e. The topological polar surface area (TPSA) is 18.5 Å². The molecule has 0 amide bonds. The Bertz CT molecular complexity index is 634. The second kappa shape index (κ2) is 14.4. The van der Waals surface area contributed by atoms with Gasteiger partial charge in [0.1, 0.15) is 0 Å². The zero-order valence-corrected chi connectivity index (χ0v) is 20.2. The SMILES string of the molecule is C=C(/C=C\C=C/C)[C@@H](COCCCCOC[C@H](c1ccccc1)C(C)(C)C)C(C)C. The normalized spacial score (nSPS) is 14.6. The van der Waals surface area contributed by atoms with Crippen LogP contribution in [0, 0.1) is 17.3 Å². The molecule has 0 radical (unpaired) electrons. The Labute approximate surface area is 186 Å². The highest BCUT2D eigenvalue weighted by Crippen LogP contribution is 2.35. The molecule has 2 atom stereocenters. The second-order valence-electron chi connectivity index (χ2n) is 9.50. The predicted molar refractivity (Wildman–Crippen MR) is 131 cm³/mol. The number of hydrogen-bond donors (Lipinski definition) is 0. The van der Waals surface area contributed by atoms with Crippen molar-refractivity contribution in [3.05, 3.63) is 72.4 Å². The van der Waals surface area contributed by atoms with E-state index in [0.717, 1.165) is 44.8 Å². The molecule has 2 nitrogen and oxygen atoms in total. The molecular formula is C28H44O2. The standard InChI is InChI=1S/C28H44O2/c1-8-9-11-16-24(4)26(23(2)3)21-29-19-14-15-20-30-22-27(28(5,6)7)25-17-12-10-13-18-25/h8-13,16-18,23,26-27H,4,14-15,19-22H2,1-3,5-7H3/b9-8-,16-11-/t26-,27+/m0/s1. The van der Waals surface area contributed by atoms with Gasteiger partial charge in [-0.3, -0.25) is 0 Å². The Morgan fingerprint density at radius 1 is 0.967 bits per heavy atom. The van der Waals surface area contributed by atoms with Gasteiger partial charge in [-0.15, -0.1) is 0 Å². The molecular weight excluding hydrogens is 368 g/mol. The fourth-order valence-electron chi connectivity index (χ4n) is 3.49. The van der Waals surface area contributed by atoms with Crippen LogP contribution in [0.15, 0.2) is 66.8 Å². The zero-order valence-electron chi connectivity index (χ0n) is 20.2. The molecule has 168 valence electrons. The Hall–Kier alpha value is -1.64. The average molecular weight is 413 g/mol. The maximum absolute atomic E-state index is 6.05. The van der Waals surface area contributed by atoms with E-state index in [1.54, 1.807) is 0 Å². The Balaban J connectivity index is 2.29. The maximum Gasteiger partial charge on any atom is 0.0539 e. The predicted octanol–water partition coefficient (Wildman–Crippen LogP) is 7.59. The summed E-state index contributed by atoms with van der Waals surface area (Å²) in [6.45, 7) is 20.6. The third-order valence-corrected chi connectivity index (χ3v) is 5.55. The quantitative estimate of drug-likeness (QED) is 0.231. The number of unbranched alkanes of at least 4 members (excludes halogenated alkanes) is 1. The van der Waals surface area contributed by atoms with Crippen molar-refractivity contribution in [3.63, 3.8) is 0 Å². The number of hydrogen-bond acceptors (Lipinski definition) is 2. The van der Waals surface area contributed by atoms with Gasteiger partial charge in [0.2, 0.25) is 0 Å². The van der Waals surface area contributed by atoms with Crippen LogP contribution in [0.5, 0.6) is 0 Å². The third-order valence-electron chi connectivity index (χ3n) is 5.55. The van der Waals surface area contributed by atoms with E-state index >= 15 is 0 Å². The van der Waals surface area contributed by atoms with Crippen LogP contribution in [0.2, 0.25) is 0 Å². The van der Waals surface area contributed by atoms with Crippen molar-refractivity contribution < 1.29 is 9.47 Å². The number of allylic oxidation sites excluding steroid dienone is 4. The van der Waals surface area contributed by atoms with E-state index in [2.05, 4.69) is 83.7 Å². The van der Waals surface area contributed by atoms with Crippen LogP contribution < -0.4 is 0 Å². The van der Waals surface area contributed by atoms with E-state index in [4.69, 9.17) is 9.47 Å². The Morgan fingerprint density at radius 2 is 1.57 bits per heavy atom. The molecule has 0 unspecified atom stereocenters. The number of rotatable bonds is 14. The van der Waals surface area contributed by atoms with E-state index < -0.39 is 0 Å². The van der Waals surface area contributed by atoms with Gasteiger partial charge in [-0.25, -0.2) is 0 Å². The number of benzene rings is 1. The molecule has 0 saturated carbocycles. The van der Waals surface area contributed by atoms with Crippen LogP contribution in [0.1, 0.15) is 65.9 Å². The molecule has 1 aromatic rings. The Morgan fingerprint density at radius 3 is 2.10 bits per heavy atom. The van der Waals surface area contributed by atoms with Gasteiger partial charge in [-0.05, 0) is 42.2 Å². The van der Waals surface area contributed by atoms with Crippen LogP contribution >= 0.6 is 0 Å². The van der Waals surface area contributed by atoms with Crippen molar-refractivity contribution in [2.45, 2.75) is 60.3 Å². The van der Waals surface area contributed by atoms with Crippen molar-refractivity contribution in [1.29, 1.82) is 0 Å². The smallest absolute Gasteiger partial charge is 0.0539 e. The maximum atomic E-state index is 6.05.